The van der Waals surface area contributed by atoms with Gasteiger partial charge in [-0.05, 0) is 19.1 Å². The highest BCUT2D eigenvalue weighted by Gasteiger charge is 1.98. The molecule has 3 nitrogen and oxygen atoms in total. The van der Waals surface area contributed by atoms with Crippen molar-refractivity contribution in [2.24, 2.45) is 0 Å². The second-order valence-electron chi connectivity index (χ2n) is 2.82. The van der Waals surface area contributed by atoms with Crippen molar-refractivity contribution < 1.29 is 0 Å². The fraction of sp³-hybridized carbons (Fsp3) is 0.111. The lowest BCUT2D eigenvalue weighted by Gasteiger charge is -1.99. The fourth-order valence-corrected chi connectivity index (χ4v) is 1.19. The van der Waals surface area contributed by atoms with Crippen LogP contribution in [0.25, 0.3) is 10.9 Å². The highest BCUT2D eigenvalue weighted by molar-refractivity contribution is 5.89. The maximum absolute atomic E-state index is 5.72. The summed E-state index contributed by atoms with van der Waals surface area (Å²) in [5.41, 5.74) is 8.44. The maximum atomic E-state index is 5.72. The van der Waals surface area contributed by atoms with Crippen LogP contribution in [0.3, 0.4) is 0 Å². The SMILES string of the molecule is Cc1ccc2nncc(N)c2c1. The van der Waals surface area contributed by atoms with Crippen LogP contribution in [-0.4, -0.2) is 10.2 Å². The molecule has 0 aliphatic heterocycles. The molecule has 1 heterocycles. The summed E-state index contributed by atoms with van der Waals surface area (Å²) in [7, 11) is 0. The molecule has 60 valence electrons. The number of aromatic nitrogens is 2. The molecule has 0 radical (unpaired) electrons. The smallest absolute Gasteiger partial charge is 0.0950 e. The van der Waals surface area contributed by atoms with E-state index in [1.165, 1.54) is 5.56 Å². The fourth-order valence-electron chi connectivity index (χ4n) is 1.19. The summed E-state index contributed by atoms with van der Waals surface area (Å²) in [6, 6.07) is 5.93. The molecule has 2 rings (SSSR count). The molecule has 3 heteroatoms. The van der Waals surface area contributed by atoms with Gasteiger partial charge in [0.2, 0.25) is 0 Å². The van der Waals surface area contributed by atoms with Crippen molar-refractivity contribution in [1.82, 2.24) is 10.2 Å². The Kier molecular flexibility index (Phi) is 1.43. The molecular weight excluding hydrogens is 150 g/mol. The molecule has 0 unspecified atom stereocenters. The molecule has 12 heavy (non-hydrogen) atoms. The molecule has 0 saturated heterocycles. The Bertz CT molecular complexity index is 423. The predicted octanol–water partition coefficient (Wildman–Crippen LogP) is 1.52. The zero-order valence-corrected chi connectivity index (χ0v) is 6.78. The molecule has 2 N–H and O–H groups in total. The molecule has 1 aromatic carbocycles. The van der Waals surface area contributed by atoms with Gasteiger partial charge in [0, 0.05) is 5.39 Å². The zero-order valence-electron chi connectivity index (χ0n) is 6.78. The van der Waals surface area contributed by atoms with Gasteiger partial charge in [-0.25, -0.2) is 0 Å². The van der Waals surface area contributed by atoms with Crippen molar-refractivity contribution in [3.05, 3.63) is 30.0 Å². The molecule has 0 saturated carbocycles. The van der Waals surface area contributed by atoms with Crippen molar-refractivity contribution >= 4 is 16.6 Å². The second kappa shape index (κ2) is 2.44. The number of hydrogen-bond donors (Lipinski definition) is 1. The van der Waals surface area contributed by atoms with Crippen LogP contribution in [-0.2, 0) is 0 Å². The highest BCUT2D eigenvalue weighted by Crippen LogP contribution is 2.18. The normalized spacial score (nSPS) is 10.4. The van der Waals surface area contributed by atoms with Crippen molar-refractivity contribution in [2.45, 2.75) is 6.92 Å². The van der Waals surface area contributed by atoms with E-state index in [4.69, 9.17) is 5.73 Å². The molecular formula is C9H9N3. The Hall–Kier alpha value is -1.64. The third-order valence-electron chi connectivity index (χ3n) is 1.83. The molecule has 0 aliphatic rings. The van der Waals surface area contributed by atoms with Gasteiger partial charge in [-0.1, -0.05) is 11.6 Å². The molecule has 0 aliphatic carbocycles. The molecule has 0 bridgehead atoms. The van der Waals surface area contributed by atoms with Crippen LogP contribution in [0.1, 0.15) is 5.56 Å². The van der Waals surface area contributed by atoms with Crippen molar-refractivity contribution in [1.29, 1.82) is 0 Å². The molecule has 2 aromatic rings. The minimum atomic E-state index is 0.684. The second-order valence-corrected chi connectivity index (χ2v) is 2.82. The number of nitrogens with zero attached hydrogens (tertiary/aromatic N) is 2. The van der Waals surface area contributed by atoms with Gasteiger partial charge in [0.25, 0.3) is 0 Å². The van der Waals surface area contributed by atoms with E-state index in [1.54, 1.807) is 6.20 Å². The van der Waals surface area contributed by atoms with E-state index in [0.29, 0.717) is 5.69 Å². The quantitative estimate of drug-likeness (QED) is 0.634. The standard InChI is InChI=1S/C9H9N3/c1-6-2-3-9-7(4-6)8(10)5-11-12-9/h2-5H,1H3,(H2,10,12). The zero-order chi connectivity index (χ0) is 8.55. The van der Waals surface area contributed by atoms with Gasteiger partial charge in [0.05, 0.1) is 17.4 Å². The van der Waals surface area contributed by atoms with Crippen LogP contribution in [0.2, 0.25) is 0 Å². The summed E-state index contributed by atoms with van der Waals surface area (Å²) in [5.74, 6) is 0. The highest BCUT2D eigenvalue weighted by atomic mass is 15.1. The van der Waals surface area contributed by atoms with Crippen LogP contribution < -0.4 is 5.73 Å². The number of nitrogens with two attached hydrogens (primary N) is 1. The first-order valence-electron chi connectivity index (χ1n) is 3.75. The molecule has 1 aromatic heterocycles. The number of aryl methyl sites for hydroxylation is 1. The van der Waals surface area contributed by atoms with E-state index in [9.17, 15) is 0 Å². The number of rotatable bonds is 0. The number of anilines is 1. The molecule has 0 spiro atoms. The Morgan fingerprint density at radius 2 is 2.17 bits per heavy atom. The van der Waals surface area contributed by atoms with Crippen LogP contribution in [0, 0.1) is 6.92 Å². The Balaban J connectivity index is 2.88. The summed E-state index contributed by atoms with van der Waals surface area (Å²) in [6.45, 7) is 2.03. The maximum Gasteiger partial charge on any atom is 0.0950 e. The molecule has 0 amide bonds. The lowest BCUT2D eigenvalue weighted by molar-refractivity contribution is 1.08. The van der Waals surface area contributed by atoms with E-state index >= 15 is 0 Å². The Morgan fingerprint density at radius 3 is 3.00 bits per heavy atom. The monoisotopic (exact) mass is 159 g/mol. The van der Waals surface area contributed by atoms with E-state index < -0.39 is 0 Å². The summed E-state index contributed by atoms with van der Waals surface area (Å²) >= 11 is 0. The van der Waals surface area contributed by atoms with E-state index in [-0.39, 0.29) is 0 Å². The summed E-state index contributed by atoms with van der Waals surface area (Å²) in [4.78, 5) is 0. The summed E-state index contributed by atoms with van der Waals surface area (Å²) < 4.78 is 0. The van der Waals surface area contributed by atoms with Crippen LogP contribution in [0.5, 0.6) is 0 Å². The van der Waals surface area contributed by atoms with Crippen LogP contribution >= 0.6 is 0 Å². The summed E-state index contributed by atoms with van der Waals surface area (Å²) in [6.07, 6.45) is 1.57. The van der Waals surface area contributed by atoms with Crippen molar-refractivity contribution in [3.63, 3.8) is 0 Å². The Morgan fingerprint density at radius 1 is 1.33 bits per heavy atom. The average Bonchev–Trinajstić information content (AvgIpc) is 2.07. The van der Waals surface area contributed by atoms with Gasteiger partial charge in [0.15, 0.2) is 0 Å². The third-order valence-corrected chi connectivity index (χ3v) is 1.83. The minimum Gasteiger partial charge on any atom is -0.397 e. The van der Waals surface area contributed by atoms with E-state index in [2.05, 4.69) is 10.2 Å². The van der Waals surface area contributed by atoms with Crippen LogP contribution in [0.15, 0.2) is 24.4 Å². The lowest BCUT2D eigenvalue weighted by Crippen LogP contribution is -1.91. The largest absolute Gasteiger partial charge is 0.397 e. The van der Waals surface area contributed by atoms with Gasteiger partial charge < -0.3 is 5.73 Å². The van der Waals surface area contributed by atoms with Crippen LogP contribution in [0.4, 0.5) is 5.69 Å². The van der Waals surface area contributed by atoms with Gasteiger partial charge in [-0.2, -0.15) is 10.2 Å². The lowest BCUT2D eigenvalue weighted by atomic mass is 10.1. The molecule has 0 atom stereocenters. The third kappa shape index (κ3) is 0.993. The summed E-state index contributed by atoms with van der Waals surface area (Å²) in [5, 5.41) is 8.70. The minimum absolute atomic E-state index is 0.684. The molecule has 0 fully saturated rings. The first-order chi connectivity index (χ1) is 5.77. The van der Waals surface area contributed by atoms with Gasteiger partial charge in [0.1, 0.15) is 0 Å². The van der Waals surface area contributed by atoms with Crippen molar-refractivity contribution in [3.8, 4) is 0 Å². The van der Waals surface area contributed by atoms with Gasteiger partial charge in [-0.3, -0.25) is 0 Å². The number of benzene rings is 1. The number of fused-ring (bicyclic) bond motifs is 1. The first kappa shape index (κ1) is 7.03. The predicted molar refractivity (Wildman–Crippen MR) is 48.7 cm³/mol. The first-order valence-corrected chi connectivity index (χ1v) is 3.75. The van der Waals surface area contributed by atoms with Gasteiger partial charge in [-0.15, -0.1) is 0 Å². The average molecular weight is 159 g/mol. The van der Waals surface area contributed by atoms with E-state index in [0.717, 1.165) is 10.9 Å². The Labute approximate surface area is 70.2 Å². The van der Waals surface area contributed by atoms with E-state index in [1.807, 2.05) is 25.1 Å². The number of hydrogen-bond acceptors (Lipinski definition) is 3. The van der Waals surface area contributed by atoms with Gasteiger partial charge >= 0.3 is 0 Å². The number of nitrogen functional groups attached to an aromatic ring is 1. The topological polar surface area (TPSA) is 51.8 Å². The van der Waals surface area contributed by atoms with Crippen molar-refractivity contribution in [2.75, 3.05) is 5.73 Å².